The van der Waals surface area contributed by atoms with E-state index in [0.29, 0.717) is 12.0 Å². The fourth-order valence-electron chi connectivity index (χ4n) is 3.42. The van der Waals surface area contributed by atoms with Crippen molar-refractivity contribution in [3.63, 3.8) is 0 Å². The molecule has 1 N–H and O–H groups in total. The van der Waals surface area contributed by atoms with Crippen molar-refractivity contribution < 1.29 is 4.74 Å². The topological polar surface area (TPSA) is 21.3 Å². The summed E-state index contributed by atoms with van der Waals surface area (Å²) in [4.78, 5) is 0. The van der Waals surface area contributed by atoms with Crippen molar-refractivity contribution in [1.82, 2.24) is 5.32 Å². The Hall–Kier alpha value is -1.28. The van der Waals surface area contributed by atoms with Gasteiger partial charge in [0.15, 0.2) is 0 Å². The van der Waals surface area contributed by atoms with Crippen molar-refractivity contribution in [2.45, 2.75) is 45.1 Å². The number of ether oxygens (including phenoxy) is 1. The Bertz CT molecular complexity index is 455. The standard InChI is InChI=1S/C18H25NO/c1-2-10-19-18(17-9-5-6-11-20-17)16-12-14-7-3-4-8-15(14)13-16/h3-4,7-9,16,18-19H,2,5-6,10-13H2,1H3. The van der Waals surface area contributed by atoms with E-state index in [4.69, 9.17) is 4.74 Å². The van der Waals surface area contributed by atoms with Crippen molar-refractivity contribution in [3.05, 3.63) is 47.2 Å². The van der Waals surface area contributed by atoms with E-state index in [1.807, 2.05) is 0 Å². The van der Waals surface area contributed by atoms with Crippen LogP contribution in [0.1, 0.15) is 37.3 Å². The van der Waals surface area contributed by atoms with Crippen LogP contribution in [-0.2, 0) is 17.6 Å². The molecule has 2 aliphatic rings. The number of rotatable bonds is 5. The molecule has 20 heavy (non-hydrogen) atoms. The maximum Gasteiger partial charge on any atom is 0.109 e. The minimum atomic E-state index is 0.391. The predicted molar refractivity (Wildman–Crippen MR) is 82.7 cm³/mol. The van der Waals surface area contributed by atoms with Gasteiger partial charge in [-0.25, -0.2) is 0 Å². The first-order valence-corrected chi connectivity index (χ1v) is 8.01. The van der Waals surface area contributed by atoms with Gasteiger partial charge in [0.1, 0.15) is 5.76 Å². The molecule has 1 atom stereocenters. The Labute approximate surface area is 122 Å². The Morgan fingerprint density at radius 3 is 2.60 bits per heavy atom. The van der Waals surface area contributed by atoms with E-state index in [-0.39, 0.29) is 0 Å². The Morgan fingerprint density at radius 1 is 1.25 bits per heavy atom. The molecule has 0 fully saturated rings. The SMILES string of the molecule is CCCNC(C1=CCCCO1)C1Cc2ccccc2C1. The summed E-state index contributed by atoms with van der Waals surface area (Å²) in [7, 11) is 0. The molecule has 1 unspecified atom stereocenters. The third-order valence-corrected chi connectivity index (χ3v) is 4.44. The Kier molecular flexibility index (Phi) is 4.41. The molecule has 0 amide bonds. The van der Waals surface area contributed by atoms with Crippen LogP contribution >= 0.6 is 0 Å². The molecule has 1 heterocycles. The third-order valence-electron chi connectivity index (χ3n) is 4.44. The summed E-state index contributed by atoms with van der Waals surface area (Å²) in [6.07, 6.45) is 8.16. The van der Waals surface area contributed by atoms with Gasteiger partial charge >= 0.3 is 0 Å². The maximum atomic E-state index is 5.95. The van der Waals surface area contributed by atoms with E-state index in [9.17, 15) is 0 Å². The Morgan fingerprint density at radius 2 is 2.00 bits per heavy atom. The van der Waals surface area contributed by atoms with Gasteiger partial charge < -0.3 is 10.1 Å². The largest absolute Gasteiger partial charge is 0.497 e. The fourth-order valence-corrected chi connectivity index (χ4v) is 3.42. The molecule has 0 radical (unpaired) electrons. The minimum Gasteiger partial charge on any atom is -0.497 e. The predicted octanol–water partition coefficient (Wildman–Crippen LogP) is 3.46. The van der Waals surface area contributed by atoms with Crippen LogP contribution in [0.4, 0.5) is 0 Å². The van der Waals surface area contributed by atoms with Crippen LogP contribution in [-0.4, -0.2) is 19.2 Å². The van der Waals surface area contributed by atoms with Crippen molar-refractivity contribution in [1.29, 1.82) is 0 Å². The lowest BCUT2D eigenvalue weighted by Crippen LogP contribution is -2.40. The van der Waals surface area contributed by atoms with Crippen LogP contribution in [0.5, 0.6) is 0 Å². The molecule has 1 aliphatic heterocycles. The first kappa shape index (κ1) is 13.7. The van der Waals surface area contributed by atoms with Gasteiger partial charge in [-0.3, -0.25) is 0 Å². The highest BCUT2D eigenvalue weighted by molar-refractivity contribution is 5.33. The number of benzene rings is 1. The average Bonchev–Trinajstić information content (AvgIpc) is 2.92. The van der Waals surface area contributed by atoms with Crippen LogP contribution in [0.3, 0.4) is 0 Å². The molecule has 0 saturated carbocycles. The van der Waals surface area contributed by atoms with Crippen LogP contribution in [0, 0.1) is 5.92 Å². The van der Waals surface area contributed by atoms with Crippen molar-refractivity contribution in [3.8, 4) is 0 Å². The highest BCUT2D eigenvalue weighted by atomic mass is 16.5. The van der Waals surface area contributed by atoms with Gasteiger partial charge in [0.05, 0.1) is 12.6 Å². The molecular formula is C18H25NO. The number of allylic oxidation sites excluding steroid dienone is 1. The molecule has 0 aromatic heterocycles. The maximum absolute atomic E-state index is 5.95. The first-order chi connectivity index (χ1) is 9.88. The zero-order valence-corrected chi connectivity index (χ0v) is 12.4. The van der Waals surface area contributed by atoms with Crippen molar-refractivity contribution in [2.24, 2.45) is 5.92 Å². The molecule has 2 nitrogen and oxygen atoms in total. The van der Waals surface area contributed by atoms with Crippen LogP contribution in [0.2, 0.25) is 0 Å². The first-order valence-electron chi connectivity index (χ1n) is 8.01. The monoisotopic (exact) mass is 271 g/mol. The molecule has 0 saturated heterocycles. The summed E-state index contributed by atoms with van der Waals surface area (Å²) in [6.45, 7) is 4.18. The summed E-state index contributed by atoms with van der Waals surface area (Å²) >= 11 is 0. The normalized spacial score (nSPS) is 20.1. The number of hydrogen-bond acceptors (Lipinski definition) is 2. The molecule has 1 aromatic rings. The Balaban J connectivity index is 1.75. The quantitative estimate of drug-likeness (QED) is 0.885. The zero-order valence-electron chi connectivity index (χ0n) is 12.4. The second-order valence-corrected chi connectivity index (χ2v) is 5.97. The molecule has 0 bridgehead atoms. The molecule has 1 aromatic carbocycles. The van der Waals surface area contributed by atoms with Gasteiger partial charge in [-0.1, -0.05) is 31.2 Å². The summed E-state index contributed by atoms with van der Waals surface area (Å²) in [5.41, 5.74) is 3.05. The smallest absolute Gasteiger partial charge is 0.109 e. The highest BCUT2D eigenvalue weighted by Gasteiger charge is 2.31. The second-order valence-electron chi connectivity index (χ2n) is 5.97. The number of hydrogen-bond donors (Lipinski definition) is 1. The third kappa shape index (κ3) is 2.90. The average molecular weight is 271 g/mol. The lowest BCUT2D eigenvalue weighted by molar-refractivity contribution is 0.151. The summed E-state index contributed by atoms with van der Waals surface area (Å²) < 4.78 is 5.95. The van der Waals surface area contributed by atoms with Crippen LogP contribution in [0.15, 0.2) is 36.1 Å². The van der Waals surface area contributed by atoms with E-state index in [1.54, 1.807) is 0 Å². The van der Waals surface area contributed by atoms with Gasteiger partial charge in [0, 0.05) is 0 Å². The highest BCUT2D eigenvalue weighted by Crippen LogP contribution is 2.32. The van der Waals surface area contributed by atoms with Crippen molar-refractivity contribution in [2.75, 3.05) is 13.2 Å². The molecule has 1 aliphatic carbocycles. The van der Waals surface area contributed by atoms with Crippen molar-refractivity contribution >= 4 is 0 Å². The van der Waals surface area contributed by atoms with E-state index in [2.05, 4.69) is 42.6 Å². The van der Waals surface area contributed by atoms with E-state index >= 15 is 0 Å². The second kappa shape index (κ2) is 6.45. The van der Waals surface area contributed by atoms with Gasteiger partial charge in [-0.05, 0) is 61.8 Å². The van der Waals surface area contributed by atoms with Gasteiger partial charge in [0.2, 0.25) is 0 Å². The minimum absolute atomic E-state index is 0.391. The van der Waals surface area contributed by atoms with Gasteiger partial charge in [0.25, 0.3) is 0 Å². The lowest BCUT2D eigenvalue weighted by Gasteiger charge is -2.29. The summed E-state index contributed by atoms with van der Waals surface area (Å²) in [5.74, 6) is 1.84. The number of nitrogens with one attached hydrogen (secondary N) is 1. The van der Waals surface area contributed by atoms with E-state index < -0.39 is 0 Å². The molecule has 3 rings (SSSR count). The summed E-state index contributed by atoms with van der Waals surface area (Å²) in [5, 5.41) is 3.72. The molecule has 0 spiro atoms. The molecule has 108 valence electrons. The van der Waals surface area contributed by atoms with Crippen LogP contribution in [0.25, 0.3) is 0 Å². The van der Waals surface area contributed by atoms with E-state index in [1.165, 1.54) is 42.6 Å². The number of fused-ring (bicyclic) bond motifs is 1. The zero-order chi connectivity index (χ0) is 13.8. The van der Waals surface area contributed by atoms with E-state index in [0.717, 1.165) is 19.6 Å². The fraction of sp³-hybridized carbons (Fsp3) is 0.556. The summed E-state index contributed by atoms with van der Waals surface area (Å²) in [6, 6.07) is 9.27. The van der Waals surface area contributed by atoms with Gasteiger partial charge in [-0.15, -0.1) is 0 Å². The lowest BCUT2D eigenvalue weighted by atomic mass is 9.93. The molecular weight excluding hydrogens is 246 g/mol. The van der Waals surface area contributed by atoms with Crippen LogP contribution < -0.4 is 5.32 Å². The molecule has 2 heteroatoms. The van der Waals surface area contributed by atoms with Gasteiger partial charge in [-0.2, -0.15) is 0 Å².